The molecule has 0 aliphatic rings. The highest BCUT2D eigenvalue weighted by molar-refractivity contribution is 5.92. The van der Waals surface area contributed by atoms with E-state index in [-0.39, 0.29) is 12.5 Å². The molecular formula is C16H23N3O2. The minimum Gasteiger partial charge on any atom is -0.396 e. The summed E-state index contributed by atoms with van der Waals surface area (Å²) >= 11 is 0. The Morgan fingerprint density at radius 2 is 2.24 bits per heavy atom. The van der Waals surface area contributed by atoms with E-state index in [1.165, 1.54) is 0 Å². The van der Waals surface area contributed by atoms with Gasteiger partial charge < -0.3 is 14.8 Å². The molecule has 0 radical (unpaired) electrons. The van der Waals surface area contributed by atoms with Crippen LogP contribution in [0.4, 0.5) is 0 Å². The van der Waals surface area contributed by atoms with E-state index in [1.807, 2.05) is 29.5 Å². The van der Waals surface area contributed by atoms with E-state index >= 15 is 0 Å². The van der Waals surface area contributed by atoms with Gasteiger partial charge in [0.15, 0.2) is 0 Å². The Labute approximate surface area is 125 Å². The molecule has 2 rings (SSSR count). The second-order valence-electron chi connectivity index (χ2n) is 5.40. The Kier molecular flexibility index (Phi) is 5.33. The van der Waals surface area contributed by atoms with Gasteiger partial charge in [-0.3, -0.25) is 4.79 Å². The van der Waals surface area contributed by atoms with E-state index < -0.39 is 0 Å². The van der Waals surface area contributed by atoms with E-state index in [1.54, 1.807) is 6.20 Å². The van der Waals surface area contributed by atoms with Crippen LogP contribution in [0.3, 0.4) is 0 Å². The molecule has 2 N–H and O–H groups in total. The van der Waals surface area contributed by atoms with Crippen molar-refractivity contribution in [2.24, 2.45) is 5.92 Å². The first-order chi connectivity index (χ1) is 10.2. The normalized spacial score (nSPS) is 12.5. The SMILES string of the molecule is CCCC(CCO)CNC(=O)c1cn2c(C)cccc2n1. The fourth-order valence-corrected chi connectivity index (χ4v) is 2.52. The minimum absolute atomic E-state index is 0.155. The molecule has 0 saturated carbocycles. The lowest BCUT2D eigenvalue weighted by molar-refractivity contribution is 0.0938. The molecule has 5 heteroatoms. The van der Waals surface area contributed by atoms with Crippen molar-refractivity contribution in [3.63, 3.8) is 0 Å². The van der Waals surface area contributed by atoms with Gasteiger partial charge in [-0.2, -0.15) is 0 Å². The van der Waals surface area contributed by atoms with E-state index in [0.29, 0.717) is 18.2 Å². The lowest BCUT2D eigenvalue weighted by Crippen LogP contribution is -2.30. The summed E-state index contributed by atoms with van der Waals surface area (Å²) < 4.78 is 1.91. The van der Waals surface area contributed by atoms with Crippen LogP contribution in [-0.4, -0.2) is 33.6 Å². The lowest BCUT2D eigenvalue weighted by Gasteiger charge is -2.14. The summed E-state index contributed by atoms with van der Waals surface area (Å²) in [5, 5.41) is 12.0. The minimum atomic E-state index is -0.155. The van der Waals surface area contributed by atoms with Gasteiger partial charge in [0, 0.05) is 25.0 Å². The van der Waals surface area contributed by atoms with Crippen molar-refractivity contribution in [3.8, 4) is 0 Å². The third-order valence-electron chi connectivity index (χ3n) is 3.71. The van der Waals surface area contributed by atoms with Crippen LogP contribution in [0, 0.1) is 12.8 Å². The van der Waals surface area contributed by atoms with Crippen LogP contribution in [-0.2, 0) is 0 Å². The van der Waals surface area contributed by atoms with E-state index in [4.69, 9.17) is 5.11 Å². The maximum absolute atomic E-state index is 12.2. The van der Waals surface area contributed by atoms with Crippen molar-refractivity contribution in [1.29, 1.82) is 0 Å². The molecule has 0 saturated heterocycles. The monoisotopic (exact) mass is 289 g/mol. The first-order valence-electron chi connectivity index (χ1n) is 7.49. The standard InChI is InChI=1S/C16H23N3O2/c1-3-5-13(8-9-20)10-17-16(21)14-11-19-12(2)6-4-7-15(19)18-14/h4,6-7,11,13,20H,3,5,8-10H2,1-2H3,(H,17,21). The summed E-state index contributed by atoms with van der Waals surface area (Å²) in [4.78, 5) is 16.5. The van der Waals surface area contributed by atoms with Gasteiger partial charge in [-0.05, 0) is 37.8 Å². The number of carbonyl (C=O) groups excluding carboxylic acids is 1. The molecule has 2 heterocycles. The molecule has 0 fully saturated rings. The number of aliphatic hydroxyl groups excluding tert-OH is 1. The van der Waals surface area contributed by atoms with Crippen molar-refractivity contribution in [2.45, 2.75) is 33.1 Å². The van der Waals surface area contributed by atoms with Crippen LogP contribution in [0.5, 0.6) is 0 Å². The van der Waals surface area contributed by atoms with Crippen LogP contribution in [0.1, 0.15) is 42.4 Å². The topological polar surface area (TPSA) is 66.6 Å². The zero-order chi connectivity index (χ0) is 15.2. The van der Waals surface area contributed by atoms with Gasteiger partial charge >= 0.3 is 0 Å². The zero-order valence-corrected chi connectivity index (χ0v) is 12.7. The van der Waals surface area contributed by atoms with Gasteiger partial charge in [-0.1, -0.05) is 19.4 Å². The van der Waals surface area contributed by atoms with Crippen LogP contribution in [0.25, 0.3) is 5.65 Å². The van der Waals surface area contributed by atoms with Gasteiger partial charge in [0.05, 0.1) is 0 Å². The number of aliphatic hydroxyl groups is 1. The maximum atomic E-state index is 12.2. The summed E-state index contributed by atoms with van der Waals surface area (Å²) in [5.41, 5.74) is 2.26. The molecule has 0 aliphatic carbocycles. The predicted octanol–water partition coefficient (Wildman–Crippen LogP) is 2.17. The van der Waals surface area contributed by atoms with Crippen molar-refractivity contribution in [2.75, 3.05) is 13.2 Å². The Morgan fingerprint density at radius 3 is 2.90 bits per heavy atom. The number of nitrogens with one attached hydrogen (secondary N) is 1. The first kappa shape index (κ1) is 15.5. The summed E-state index contributed by atoms with van der Waals surface area (Å²) in [6.07, 6.45) is 4.54. The largest absolute Gasteiger partial charge is 0.396 e. The second kappa shape index (κ2) is 7.22. The fraction of sp³-hybridized carbons (Fsp3) is 0.500. The lowest BCUT2D eigenvalue weighted by atomic mass is 10.0. The number of rotatable bonds is 7. The van der Waals surface area contributed by atoms with Gasteiger partial charge in [0.1, 0.15) is 11.3 Å². The van der Waals surface area contributed by atoms with Gasteiger partial charge in [0.25, 0.3) is 5.91 Å². The smallest absolute Gasteiger partial charge is 0.271 e. The zero-order valence-electron chi connectivity index (χ0n) is 12.7. The van der Waals surface area contributed by atoms with Crippen LogP contribution < -0.4 is 5.32 Å². The average molecular weight is 289 g/mol. The fourth-order valence-electron chi connectivity index (χ4n) is 2.52. The Morgan fingerprint density at radius 1 is 1.43 bits per heavy atom. The molecule has 1 unspecified atom stereocenters. The van der Waals surface area contributed by atoms with Crippen molar-refractivity contribution in [1.82, 2.24) is 14.7 Å². The number of imidazole rings is 1. The quantitative estimate of drug-likeness (QED) is 0.821. The summed E-state index contributed by atoms with van der Waals surface area (Å²) in [5.74, 6) is 0.167. The maximum Gasteiger partial charge on any atom is 0.271 e. The highest BCUT2D eigenvalue weighted by Crippen LogP contribution is 2.11. The van der Waals surface area contributed by atoms with Crippen LogP contribution in [0.15, 0.2) is 24.4 Å². The van der Waals surface area contributed by atoms with Gasteiger partial charge in [-0.25, -0.2) is 4.98 Å². The Bertz CT molecular complexity index is 601. The van der Waals surface area contributed by atoms with Crippen LogP contribution in [0.2, 0.25) is 0 Å². The molecule has 2 aromatic heterocycles. The highest BCUT2D eigenvalue weighted by Gasteiger charge is 2.14. The van der Waals surface area contributed by atoms with Crippen molar-refractivity contribution < 1.29 is 9.90 Å². The number of nitrogens with zero attached hydrogens (tertiary/aromatic N) is 2. The number of hydrogen-bond donors (Lipinski definition) is 2. The first-order valence-corrected chi connectivity index (χ1v) is 7.49. The van der Waals surface area contributed by atoms with Crippen molar-refractivity contribution >= 4 is 11.6 Å². The molecule has 2 aromatic rings. The number of hydrogen-bond acceptors (Lipinski definition) is 3. The molecule has 5 nitrogen and oxygen atoms in total. The molecule has 0 aromatic carbocycles. The third kappa shape index (κ3) is 3.82. The second-order valence-corrected chi connectivity index (χ2v) is 5.40. The van der Waals surface area contributed by atoms with Gasteiger partial charge in [-0.15, -0.1) is 0 Å². The number of aryl methyl sites for hydroxylation is 1. The van der Waals surface area contributed by atoms with E-state index in [0.717, 1.165) is 30.6 Å². The van der Waals surface area contributed by atoms with Crippen molar-refractivity contribution in [3.05, 3.63) is 35.8 Å². The number of amides is 1. The molecule has 0 aliphatic heterocycles. The summed E-state index contributed by atoms with van der Waals surface area (Å²) in [6.45, 7) is 4.83. The van der Waals surface area contributed by atoms with Crippen LogP contribution >= 0.6 is 0 Å². The Balaban J connectivity index is 2.03. The molecule has 0 bridgehead atoms. The van der Waals surface area contributed by atoms with E-state index in [9.17, 15) is 4.79 Å². The highest BCUT2D eigenvalue weighted by atomic mass is 16.3. The molecular weight excluding hydrogens is 266 g/mol. The molecule has 1 atom stereocenters. The Hall–Kier alpha value is -1.88. The predicted molar refractivity (Wildman–Crippen MR) is 82.4 cm³/mol. The molecule has 0 spiro atoms. The van der Waals surface area contributed by atoms with Gasteiger partial charge in [0.2, 0.25) is 0 Å². The number of aromatic nitrogens is 2. The third-order valence-corrected chi connectivity index (χ3v) is 3.71. The summed E-state index contributed by atoms with van der Waals surface area (Å²) in [7, 11) is 0. The molecule has 21 heavy (non-hydrogen) atoms. The number of fused-ring (bicyclic) bond motifs is 1. The average Bonchev–Trinajstić information content (AvgIpc) is 2.90. The molecule has 114 valence electrons. The molecule has 1 amide bonds. The number of pyridine rings is 1. The van der Waals surface area contributed by atoms with E-state index in [2.05, 4.69) is 17.2 Å². The number of carbonyl (C=O) groups is 1. The summed E-state index contributed by atoms with van der Waals surface area (Å²) in [6, 6.07) is 5.79.